The zero-order valence-electron chi connectivity index (χ0n) is 6.74. The van der Waals surface area contributed by atoms with Crippen LogP contribution in [0.3, 0.4) is 0 Å². The van der Waals surface area contributed by atoms with E-state index in [2.05, 4.69) is 15.0 Å². The summed E-state index contributed by atoms with van der Waals surface area (Å²) >= 11 is 11.3. The summed E-state index contributed by atoms with van der Waals surface area (Å²) in [5.41, 5.74) is 1.21. The highest BCUT2D eigenvalue weighted by atomic mass is 35.5. The highest BCUT2D eigenvalue weighted by molar-refractivity contribution is 6.30. The molecule has 0 atom stereocenters. The van der Waals surface area contributed by atoms with Crippen molar-refractivity contribution in [2.45, 2.75) is 0 Å². The molecule has 0 radical (unpaired) electrons. The average Bonchev–Trinajstić information content (AvgIpc) is 2.17. The zero-order chi connectivity index (χ0) is 10.1. The van der Waals surface area contributed by atoms with Crippen LogP contribution in [0.15, 0.2) is 12.3 Å². The SMILES string of the molecule is O=Cc1cc(Cl)nc2cnc(Cl)nc12. The lowest BCUT2D eigenvalue weighted by Crippen LogP contribution is -1.93. The van der Waals surface area contributed by atoms with Crippen LogP contribution in [0.5, 0.6) is 0 Å². The molecule has 0 aliphatic rings. The van der Waals surface area contributed by atoms with Crippen LogP contribution in [0.1, 0.15) is 10.4 Å². The number of halogens is 2. The highest BCUT2D eigenvalue weighted by Crippen LogP contribution is 2.18. The van der Waals surface area contributed by atoms with Crippen LogP contribution in [0.25, 0.3) is 11.0 Å². The van der Waals surface area contributed by atoms with Crippen molar-refractivity contribution in [1.29, 1.82) is 0 Å². The number of hydrogen-bond donors (Lipinski definition) is 0. The van der Waals surface area contributed by atoms with Gasteiger partial charge < -0.3 is 0 Å². The van der Waals surface area contributed by atoms with Gasteiger partial charge in [0.15, 0.2) is 6.29 Å². The Hall–Kier alpha value is -1.26. The molecule has 0 fully saturated rings. The van der Waals surface area contributed by atoms with Crippen LogP contribution in [0, 0.1) is 0 Å². The number of carbonyl (C=O) groups is 1. The number of fused-ring (bicyclic) bond motifs is 1. The summed E-state index contributed by atoms with van der Waals surface area (Å²) in [6.07, 6.45) is 2.07. The number of aromatic nitrogens is 3. The molecule has 0 unspecified atom stereocenters. The molecule has 0 aromatic carbocycles. The molecule has 0 spiro atoms. The van der Waals surface area contributed by atoms with Gasteiger partial charge in [0, 0.05) is 5.56 Å². The van der Waals surface area contributed by atoms with Gasteiger partial charge in [0.2, 0.25) is 5.28 Å². The Morgan fingerprint density at radius 2 is 2.07 bits per heavy atom. The molecule has 2 aromatic rings. The number of aldehydes is 1. The van der Waals surface area contributed by atoms with Gasteiger partial charge in [-0.25, -0.2) is 15.0 Å². The number of carbonyl (C=O) groups excluding carboxylic acids is 1. The summed E-state index contributed by atoms with van der Waals surface area (Å²) in [4.78, 5) is 22.3. The molecule has 0 bridgehead atoms. The summed E-state index contributed by atoms with van der Waals surface area (Å²) in [6, 6.07) is 1.43. The molecule has 2 rings (SSSR count). The first-order chi connectivity index (χ1) is 6.70. The first-order valence-electron chi connectivity index (χ1n) is 3.64. The van der Waals surface area contributed by atoms with Crippen molar-refractivity contribution in [3.05, 3.63) is 28.3 Å². The second kappa shape index (κ2) is 3.48. The fraction of sp³-hybridized carbons (Fsp3) is 0. The average molecular weight is 228 g/mol. The van der Waals surface area contributed by atoms with Crippen molar-refractivity contribution in [3.8, 4) is 0 Å². The Morgan fingerprint density at radius 1 is 1.29 bits per heavy atom. The number of rotatable bonds is 1. The van der Waals surface area contributed by atoms with Crippen molar-refractivity contribution in [1.82, 2.24) is 15.0 Å². The topological polar surface area (TPSA) is 55.7 Å². The molecular formula is C8H3Cl2N3O. The predicted octanol–water partition coefficient (Wildman–Crippen LogP) is 2.14. The fourth-order valence-electron chi connectivity index (χ4n) is 1.08. The van der Waals surface area contributed by atoms with Gasteiger partial charge in [-0.3, -0.25) is 4.79 Å². The van der Waals surface area contributed by atoms with E-state index in [9.17, 15) is 4.79 Å². The van der Waals surface area contributed by atoms with E-state index in [0.29, 0.717) is 22.9 Å². The second-order valence-corrected chi connectivity index (χ2v) is 3.25. The minimum absolute atomic E-state index is 0.0738. The maximum absolute atomic E-state index is 10.7. The molecule has 14 heavy (non-hydrogen) atoms. The van der Waals surface area contributed by atoms with Crippen molar-refractivity contribution in [2.24, 2.45) is 0 Å². The lowest BCUT2D eigenvalue weighted by molar-refractivity contribution is 0.112. The number of pyridine rings is 1. The van der Waals surface area contributed by atoms with E-state index in [1.807, 2.05) is 0 Å². The molecule has 2 aromatic heterocycles. The van der Waals surface area contributed by atoms with Crippen LogP contribution in [0.4, 0.5) is 0 Å². The molecule has 0 N–H and O–H groups in total. The Kier molecular flexibility index (Phi) is 2.31. The van der Waals surface area contributed by atoms with Crippen LogP contribution >= 0.6 is 23.2 Å². The largest absolute Gasteiger partial charge is 0.298 e. The third-order valence-corrected chi connectivity index (χ3v) is 2.02. The van der Waals surface area contributed by atoms with E-state index in [4.69, 9.17) is 23.2 Å². The summed E-state index contributed by atoms with van der Waals surface area (Å²) in [5, 5.41) is 0.301. The van der Waals surface area contributed by atoms with Crippen molar-refractivity contribution < 1.29 is 4.79 Å². The van der Waals surface area contributed by atoms with Crippen molar-refractivity contribution in [2.75, 3.05) is 0 Å². The van der Waals surface area contributed by atoms with E-state index in [1.165, 1.54) is 12.3 Å². The molecule has 0 saturated heterocycles. The zero-order valence-corrected chi connectivity index (χ0v) is 8.25. The van der Waals surface area contributed by atoms with E-state index in [-0.39, 0.29) is 10.4 Å². The van der Waals surface area contributed by atoms with E-state index >= 15 is 0 Å². The smallest absolute Gasteiger partial charge is 0.223 e. The van der Waals surface area contributed by atoms with Crippen LogP contribution in [-0.2, 0) is 0 Å². The first kappa shape index (κ1) is 9.30. The molecule has 0 saturated carbocycles. The normalized spacial score (nSPS) is 10.4. The third-order valence-electron chi connectivity index (χ3n) is 1.64. The standard InChI is InChI=1S/C8H3Cl2N3O/c9-6-1-4(3-14)7-5(12-6)2-11-8(10)13-7/h1-3H. The molecule has 0 aliphatic heterocycles. The van der Waals surface area contributed by atoms with Gasteiger partial charge >= 0.3 is 0 Å². The van der Waals surface area contributed by atoms with Crippen molar-refractivity contribution in [3.63, 3.8) is 0 Å². The fourth-order valence-corrected chi connectivity index (χ4v) is 1.42. The van der Waals surface area contributed by atoms with Crippen LogP contribution in [-0.4, -0.2) is 21.2 Å². The summed E-state index contributed by atoms with van der Waals surface area (Å²) < 4.78 is 0. The maximum atomic E-state index is 10.7. The molecular weight excluding hydrogens is 225 g/mol. The summed E-state index contributed by atoms with van der Waals surface area (Å²) in [7, 11) is 0. The minimum Gasteiger partial charge on any atom is -0.298 e. The Labute approximate surface area is 88.9 Å². The minimum atomic E-state index is 0.0738. The molecule has 2 heterocycles. The molecule has 0 aliphatic carbocycles. The van der Waals surface area contributed by atoms with E-state index in [0.717, 1.165) is 0 Å². The Morgan fingerprint density at radius 3 is 2.79 bits per heavy atom. The lowest BCUT2D eigenvalue weighted by Gasteiger charge is -1.99. The van der Waals surface area contributed by atoms with Gasteiger partial charge in [0.05, 0.1) is 6.20 Å². The number of nitrogens with zero attached hydrogens (tertiary/aromatic N) is 3. The van der Waals surface area contributed by atoms with Gasteiger partial charge in [0.25, 0.3) is 0 Å². The van der Waals surface area contributed by atoms with Gasteiger partial charge in [0.1, 0.15) is 16.2 Å². The molecule has 6 heteroatoms. The highest BCUT2D eigenvalue weighted by Gasteiger charge is 2.06. The van der Waals surface area contributed by atoms with Crippen molar-refractivity contribution >= 4 is 40.5 Å². The van der Waals surface area contributed by atoms with Crippen LogP contribution < -0.4 is 0 Å². The van der Waals surface area contributed by atoms with E-state index < -0.39 is 0 Å². The Balaban J connectivity index is 2.88. The lowest BCUT2D eigenvalue weighted by atomic mass is 10.2. The third kappa shape index (κ3) is 1.54. The maximum Gasteiger partial charge on any atom is 0.223 e. The monoisotopic (exact) mass is 227 g/mol. The van der Waals surface area contributed by atoms with Gasteiger partial charge in [-0.05, 0) is 17.7 Å². The predicted molar refractivity (Wildman–Crippen MR) is 52.7 cm³/mol. The first-order valence-corrected chi connectivity index (χ1v) is 4.40. The molecule has 4 nitrogen and oxygen atoms in total. The van der Waals surface area contributed by atoms with Gasteiger partial charge in [-0.2, -0.15) is 0 Å². The molecule has 70 valence electrons. The van der Waals surface area contributed by atoms with Crippen LogP contribution in [0.2, 0.25) is 10.4 Å². The number of hydrogen-bond acceptors (Lipinski definition) is 4. The molecule has 0 amide bonds. The quantitative estimate of drug-likeness (QED) is 0.426. The van der Waals surface area contributed by atoms with E-state index in [1.54, 1.807) is 0 Å². The van der Waals surface area contributed by atoms with Gasteiger partial charge in [-0.15, -0.1) is 0 Å². The van der Waals surface area contributed by atoms with Gasteiger partial charge in [-0.1, -0.05) is 11.6 Å². The summed E-state index contributed by atoms with van der Waals surface area (Å²) in [6.45, 7) is 0. The summed E-state index contributed by atoms with van der Waals surface area (Å²) in [5.74, 6) is 0. The second-order valence-electron chi connectivity index (χ2n) is 2.52. The Bertz CT molecular complexity index is 515.